The van der Waals surface area contributed by atoms with E-state index in [0.717, 1.165) is 59.0 Å². The minimum atomic E-state index is 0.301. The molecule has 12 bridgehead atoms. The molecule has 12 saturated carbocycles. The minimum absolute atomic E-state index is 0.301. The van der Waals surface area contributed by atoms with Crippen molar-refractivity contribution < 1.29 is 5.11 Å². The fourth-order valence-electron chi connectivity index (χ4n) is 15.4. The van der Waals surface area contributed by atoms with Crippen molar-refractivity contribution in [3.05, 3.63) is 28.8 Å². The van der Waals surface area contributed by atoms with Gasteiger partial charge in [0.15, 0.2) is 0 Å². The van der Waals surface area contributed by atoms with Gasteiger partial charge in [0, 0.05) is 11.0 Å². The number of hydrogen-bond donors (Lipinski definition) is 1. The molecule has 1 nitrogen and oxygen atoms in total. The first kappa shape index (κ1) is 21.8. The maximum Gasteiger partial charge on any atom is 0.119 e. The third-order valence-electron chi connectivity index (χ3n) is 14.9. The summed E-state index contributed by atoms with van der Waals surface area (Å²) < 4.78 is 0. The Kier molecular flexibility index (Phi) is 4.13. The van der Waals surface area contributed by atoms with Gasteiger partial charge in [-0.3, -0.25) is 0 Å². The zero-order valence-corrected chi connectivity index (χ0v) is 23.0. The molecule has 1 N–H and O–H groups in total. The smallest absolute Gasteiger partial charge is 0.119 e. The van der Waals surface area contributed by atoms with Gasteiger partial charge in [0.25, 0.3) is 0 Å². The van der Waals surface area contributed by atoms with Crippen molar-refractivity contribution in [2.45, 2.75) is 132 Å². The van der Waals surface area contributed by atoms with Crippen LogP contribution in [0.5, 0.6) is 5.75 Å². The molecule has 13 rings (SSSR count). The van der Waals surface area contributed by atoms with Crippen LogP contribution in [0.1, 0.15) is 132 Å². The molecule has 0 aromatic heterocycles. The normalized spacial score (nSPS) is 55.9. The predicted molar refractivity (Wildman–Crippen MR) is 148 cm³/mol. The average molecular weight is 497 g/mol. The molecule has 0 amide bonds. The van der Waals surface area contributed by atoms with Crippen LogP contribution in [0.3, 0.4) is 0 Å². The van der Waals surface area contributed by atoms with Crippen LogP contribution in [-0.4, -0.2) is 5.11 Å². The molecule has 0 unspecified atom stereocenters. The summed E-state index contributed by atoms with van der Waals surface area (Å²) in [6, 6.07) is 4.81. The topological polar surface area (TPSA) is 20.2 Å². The molecule has 0 spiro atoms. The molecular formula is C36H48O. The van der Waals surface area contributed by atoms with Gasteiger partial charge in [-0.1, -0.05) is 6.07 Å². The molecule has 0 heterocycles. The highest BCUT2D eigenvalue weighted by atomic mass is 16.3. The highest BCUT2D eigenvalue weighted by molar-refractivity contribution is 5.57. The molecule has 12 aliphatic rings. The molecule has 12 aliphatic carbocycles. The van der Waals surface area contributed by atoms with E-state index in [-0.39, 0.29) is 0 Å². The Bertz CT molecular complexity index is 1050. The summed E-state index contributed by atoms with van der Waals surface area (Å²) in [6.07, 6.45) is 26.7. The molecule has 0 radical (unpaired) electrons. The van der Waals surface area contributed by atoms with Crippen LogP contribution < -0.4 is 0 Å². The predicted octanol–water partition coefficient (Wildman–Crippen LogP) is 8.80. The minimum Gasteiger partial charge on any atom is -0.508 e. The highest BCUT2D eigenvalue weighted by Gasteiger charge is 2.60. The second-order valence-electron chi connectivity index (χ2n) is 17.5. The van der Waals surface area contributed by atoms with Gasteiger partial charge in [-0.25, -0.2) is 0 Å². The first-order valence-corrected chi connectivity index (χ1v) is 16.8. The summed E-state index contributed by atoms with van der Waals surface area (Å²) in [5.74, 6) is 9.47. The van der Waals surface area contributed by atoms with E-state index in [1.54, 1.807) is 5.56 Å². The molecule has 0 saturated heterocycles. The molecule has 37 heavy (non-hydrogen) atoms. The number of phenols is 1. The van der Waals surface area contributed by atoms with Crippen molar-refractivity contribution in [3.63, 3.8) is 0 Å². The summed E-state index contributed by atoms with van der Waals surface area (Å²) in [5, 5.41) is 12.1. The van der Waals surface area contributed by atoms with Crippen LogP contribution in [0, 0.1) is 53.3 Å². The second-order valence-corrected chi connectivity index (χ2v) is 17.5. The lowest BCUT2D eigenvalue weighted by Gasteiger charge is -2.63. The Morgan fingerprint density at radius 3 is 1.05 bits per heavy atom. The first-order valence-electron chi connectivity index (χ1n) is 16.8. The van der Waals surface area contributed by atoms with Gasteiger partial charge in [0.05, 0.1) is 0 Å². The third kappa shape index (κ3) is 2.89. The largest absolute Gasteiger partial charge is 0.508 e. The fraction of sp³-hybridized carbons (Fsp3) is 0.833. The number of aromatic hydroxyl groups is 1. The van der Waals surface area contributed by atoms with Crippen LogP contribution in [-0.2, 0) is 16.2 Å². The van der Waals surface area contributed by atoms with E-state index in [1.807, 2.05) is 11.1 Å². The van der Waals surface area contributed by atoms with E-state index >= 15 is 0 Å². The lowest BCUT2D eigenvalue weighted by atomic mass is 9.41. The number of hydrogen-bond acceptors (Lipinski definition) is 1. The Labute approximate surface area is 224 Å². The van der Waals surface area contributed by atoms with Gasteiger partial charge in [0.2, 0.25) is 0 Å². The monoisotopic (exact) mass is 496 g/mol. The molecule has 0 atom stereocenters. The molecule has 198 valence electrons. The SMILES string of the molecule is Oc1ccc(C23CC4CC(CC(C4)C2)C3)c(C23CC4CC(CC(C4)C2)C3)c1C12CC3CC(CC(C3)C1)C2. The Morgan fingerprint density at radius 2 is 0.703 bits per heavy atom. The van der Waals surface area contributed by atoms with E-state index in [4.69, 9.17) is 0 Å². The molecule has 1 heteroatoms. The van der Waals surface area contributed by atoms with E-state index in [1.165, 1.54) is 116 Å². The molecule has 0 aliphatic heterocycles. The van der Waals surface area contributed by atoms with Crippen molar-refractivity contribution in [2.24, 2.45) is 53.3 Å². The molecule has 1 aromatic rings. The maximum absolute atomic E-state index is 12.1. The summed E-state index contributed by atoms with van der Waals surface area (Å²) >= 11 is 0. The van der Waals surface area contributed by atoms with Crippen molar-refractivity contribution >= 4 is 0 Å². The Hall–Kier alpha value is -0.980. The lowest BCUT2D eigenvalue weighted by molar-refractivity contribution is -0.0249. The third-order valence-corrected chi connectivity index (χ3v) is 14.9. The standard InChI is InChI=1S/C36H48O/c37-31-2-1-30(34-12-21-3-22(13-34)5-23(4-21)14-34)32(35-15-24-6-25(16-35)8-26(7-24)17-35)33(31)36-18-27-9-28(19-36)11-29(10-27)20-36/h1-2,21-29,37H,3-20H2. The molecular weight excluding hydrogens is 448 g/mol. The van der Waals surface area contributed by atoms with Crippen LogP contribution >= 0.6 is 0 Å². The van der Waals surface area contributed by atoms with Gasteiger partial charge in [0.1, 0.15) is 5.75 Å². The van der Waals surface area contributed by atoms with Gasteiger partial charge < -0.3 is 5.11 Å². The van der Waals surface area contributed by atoms with Gasteiger partial charge >= 0.3 is 0 Å². The van der Waals surface area contributed by atoms with Gasteiger partial charge in [-0.2, -0.15) is 0 Å². The Balaban J connectivity index is 1.22. The second kappa shape index (κ2) is 7.01. The molecule has 1 aromatic carbocycles. The van der Waals surface area contributed by atoms with Crippen LogP contribution in [0.25, 0.3) is 0 Å². The van der Waals surface area contributed by atoms with Gasteiger partial charge in [-0.05, 0) is 197 Å². The van der Waals surface area contributed by atoms with Crippen molar-refractivity contribution in [2.75, 3.05) is 0 Å². The Morgan fingerprint density at radius 1 is 0.405 bits per heavy atom. The maximum atomic E-state index is 12.1. The van der Waals surface area contributed by atoms with Crippen molar-refractivity contribution in [1.82, 2.24) is 0 Å². The quantitative estimate of drug-likeness (QED) is 0.443. The van der Waals surface area contributed by atoms with Gasteiger partial charge in [-0.15, -0.1) is 0 Å². The summed E-state index contributed by atoms with van der Waals surface area (Å²) in [4.78, 5) is 0. The fourth-order valence-corrected chi connectivity index (χ4v) is 15.4. The summed E-state index contributed by atoms with van der Waals surface area (Å²) in [6.45, 7) is 0. The lowest BCUT2D eigenvalue weighted by Crippen LogP contribution is -2.54. The van der Waals surface area contributed by atoms with E-state index in [9.17, 15) is 5.11 Å². The van der Waals surface area contributed by atoms with Crippen LogP contribution in [0.15, 0.2) is 12.1 Å². The zero-order chi connectivity index (χ0) is 24.1. The number of phenolic OH excluding ortho intramolecular Hbond substituents is 1. The average Bonchev–Trinajstić information content (AvgIpc) is 2.81. The summed E-state index contributed by atoms with van der Waals surface area (Å²) in [5.41, 5.74) is 6.40. The van der Waals surface area contributed by atoms with Crippen molar-refractivity contribution in [1.29, 1.82) is 0 Å². The molecule has 12 fully saturated rings. The van der Waals surface area contributed by atoms with Crippen LogP contribution in [0.4, 0.5) is 0 Å². The van der Waals surface area contributed by atoms with Crippen LogP contribution in [0.2, 0.25) is 0 Å². The number of benzene rings is 1. The highest BCUT2D eigenvalue weighted by Crippen LogP contribution is 2.70. The number of rotatable bonds is 3. The summed E-state index contributed by atoms with van der Waals surface area (Å²) in [7, 11) is 0. The van der Waals surface area contributed by atoms with E-state index in [2.05, 4.69) is 12.1 Å². The first-order chi connectivity index (χ1) is 18.0. The van der Waals surface area contributed by atoms with E-state index in [0.29, 0.717) is 16.2 Å². The van der Waals surface area contributed by atoms with E-state index < -0.39 is 0 Å². The van der Waals surface area contributed by atoms with Crippen molar-refractivity contribution in [3.8, 4) is 5.75 Å². The zero-order valence-electron chi connectivity index (χ0n) is 23.0.